The van der Waals surface area contributed by atoms with E-state index in [1.54, 1.807) is 24.3 Å². The molecular formula is C13H19N3OS. The third-order valence-corrected chi connectivity index (χ3v) is 3.28. The number of carbonyl (C=O) groups is 1. The third kappa shape index (κ3) is 4.79. The first-order valence-corrected chi connectivity index (χ1v) is 6.33. The zero-order valence-electron chi connectivity index (χ0n) is 10.8. The van der Waals surface area contributed by atoms with Crippen LogP contribution in [0, 0.1) is 5.92 Å². The van der Waals surface area contributed by atoms with Gasteiger partial charge in [-0.25, -0.2) is 0 Å². The summed E-state index contributed by atoms with van der Waals surface area (Å²) in [4.78, 5) is 17.9. The number of pyridine rings is 1. The number of nitrogens with two attached hydrogens (primary N) is 1. The average Bonchev–Trinajstić information content (AvgIpc) is 2.36. The number of hydrogen-bond acceptors (Lipinski definition) is 3. The Labute approximate surface area is 113 Å². The molecule has 1 heterocycles. The van der Waals surface area contributed by atoms with Crippen LogP contribution in [0.3, 0.4) is 0 Å². The van der Waals surface area contributed by atoms with Crippen molar-refractivity contribution in [1.29, 1.82) is 0 Å². The Bertz CT molecular complexity index is 408. The average molecular weight is 265 g/mol. The molecule has 4 nitrogen and oxygen atoms in total. The fraction of sp³-hybridized carbons (Fsp3) is 0.462. The van der Waals surface area contributed by atoms with Gasteiger partial charge in [0.25, 0.3) is 0 Å². The summed E-state index contributed by atoms with van der Waals surface area (Å²) in [5.74, 6) is 0.0280. The normalized spacial score (nSPS) is 11.9. The lowest BCUT2D eigenvalue weighted by atomic mass is 10.1. The van der Waals surface area contributed by atoms with Crippen molar-refractivity contribution >= 4 is 23.1 Å². The van der Waals surface area contributed by atoms with Gasteiger partial charge in [-0.3, -0.25) is 9.78 Å². The standard InChI is InChI=1S/C13H19N3OS/c1-10(13(14)18)9-12(17)16(2)8-5-11-3-6-15-7-4-11/h3-4,6-7,10H,5,8-9H2,1-2H3,(H2,14,18). The van der Waals surface area contributed by atoms with Crippen LogP contribution in [0.2, 0.25) is 0 Å². The van der Waals surface area contributed by atoms with Crippen molar-refractivity contribution in [2.75, 3.05) is 13.6 Å². The molecule has 0 radical (unpaired) electrons. The van der Waals surface area contributed by atoms with Gasteiger partial charge in [0.2, 0.25) is 5.91 Å². The van der Waals surface area contributed by atoms with Crippen molar-refractivity contribution in [3.05, 3.63) is 30.1 Å². The summed E-state index contributed by atoms with van der Waals surface area (Å²) in [6, 6.07) is 3.91. The molecule has 1 amide bonds. The molecule has 1 rings (SSSR count). The van der Waals surface area contributed by atoms with E-state index in [2.05, 4.69) is 4.98 Å². The second-order valence-corrected chi connectivity index (χ2v) is 4.90. The maximum Gasteiger partial charge on any atom is 0.223 e. The second kappa shape index (κ2) is 7.06. The van der Waals surface area contributed by atoms with Gasteiger partial charge in [-0.2, -0.15) is 0 Å². The van der Waals surface area contributed by atoms with Crippen LogP contribution in [-0.4, -0.2) is 34.4 Å². The van der Waals surface area contributed by atoms with Crippen LogP contribution in [0.4, 0.5) is 0 Å². The summed E-state index contributed by atoms with van der Waals surface area (Å²) < 4.78 is 0. The smallest absolute Gasteiger partial charge is 0.223 e. The SMILES string of the molecule is CC(CC(=O)N(C)CCc1ccncc1)C(N)=S. The van der Waals surface area contributed by atoms with E-state index in [1.807, 2.05) is 19.1 Å². The predicted octanol–water partition coefficient (Wildman–Crippen LogP) is 1.39. The molecule has 5 heteroatoms. The monoisotopic (exact) mass is 265 g/mol. The lowest BCUT2D eigenvalue weighted by molar-refractivity contribution is -0.130. The number of rotatable bonds is 6. The molecule has 98 valence electrons. The zero-order valence-corrected chi connectivity index (χ0v) is 11.6. The quantitative estimate of drug-likeness (QED) is 0.790. The largest absolute Gasteiger partial charge is 0.393 e. The van der Waals surface area contributed by atoms with Crippen molar-refractivity contribution in [3.8, 4) is 0 Å². The molecule has 0 aliphatic heterocycles. The number of nitrogens with zero attached hydrogens (tertiary/aromatic N) is 2. The zero-order chi connectivity index (χ0) is 13.5. The van der Waals surface area contributed by atoms with Gasteiger partial charge in [0.05, 0.1) is 4.99 Å². The van der Waals surface area contributed by atoms with Crippen LogP contribution in [0.1, 0.15) is 18.9 Å². The first-order chi connectivity index (χ1) is 8.50. The molecule has 1 aromatic rings. The molecule has 0 fully saturated rings. The van der Waals surface area contributed by atoms with Gasteiger partial charge < -0.3 is 10.6 Å². The number of aromatic nitrogens is 1. The minimum atomic E-state index is -0.0455. The van der Waals surface area contributed by atoms with Crippen molar-refractivity contribution in [2.45, 2.75) is 19.8 Å². The Kier molecular flexibility index (Phi) is 5.71. The van der Waals surface area contributed by atoms with E-state index in [0.717, 1.165) is 6.42 Å². The van der Waals surface area contributed by atoms with E-state index in [1.165, 1.54) is 5.56 Å². The van der Waals surface area contributed by atoms with Crippen LogP contribution in [-0.2, 0) is 11.2 Å². The molecule has 0 saturated carbocycles. The number of thiocarbonyl (C=S) groups is 1. The molecule has 1 aromatic heterocycles. The molecule has 18 heavy (non-hydrogen) atoms. The number of amides is 1. The van der Waals surface area contributed by atoms with Gasteiger partial charge in [-0.15, -0.1) is 0 Å². The van der Waals surface area contributed by atoms with E-state index >= 15 is 0 Å². The summed E-state index contributed by atoms with van der Waals surface area (Å²) >= 11 is 4.86. The van der Waals surface area contributed by atoms with Gasteiger partial charge >= 0.3 is 0 Å². The minimum Gasteiger partial charge on any atom is -0.393 e. The molecular weight excluding hydrogens is 246 g/mol. The van der Waals surface area contributed by atoms with E-state index in [4.69, 9.17) is 18.0 Å². The molecule has 0 aliphatic rings. The highest BCUT2D eigenvalue weighted by Gasteiger charge is 2.14. The van der Waals surface area contributed by atoms with E-state index in [0.29, 0.717) is 18.0 Å². The second-order valence-electron chi connectivity index (χ2n) is 4.43. The Morgan fingerprint density at radius 3 is 2.67 bits per heavy atom. The molecule has 0 aliphatic carbocycles. The molecule has 1 unspecified atom stereocenters. The van der Waals surface area contributed by atoms with Gasteiger partial charge in [-0.1, -0.05) is 19.1 Å². The summed E-state index contributed by atoms with van der Waals surface area (Å²) in [7, 11) is 1.80. The van der Waals surface area contributed by atoms with Crippen LogP contribution >= 0.6 is 12.2 Å². The van der Waals surface area contributed by atoms with Gasteiger partial charge in [0.1, 0.15) is 0 Å². The fourth-order valence-corrected chi connectivity index (χ4v) is 1.57. The first kappa shape index (κ1) is 14.6. The van der Waals surface area contributed by atoms with E-state index in [9.17, 15) is 4.79 Å². The van der Waals surface area contributed by atoms with E-state index in [-0.39, 0.29) is 11.8 Å². The molecule has 0 spiro atoms. The Morgan fingerprint density at radius 1 is 1.50 bits per heavy atom. The summed E-state index contributed by atoms with van der Waals surface area (Å²) in [6.07, 6.45) is 4.71. The lowest BCUT2D eigenvalue weighted by Gasteiger charge is -2.19. The fourth-order valence-electron chi connectivity index (χ4n) is 1.49. The molecule has 0 bridgehead atoms. The van der Waals surface area contributed by atoms with Crippen LogP contribution in [0.5, 0.6) is 0 Å². The van der Waals surface area contributed by atoms with Crippen molar-refractivity contribution < 1.29 is 4.79 Å². The van der Waals surface area contributed by atoms with Crippen LogP contribution in [0.25, 0.3) is 0 Å². The van der Waals surface area contributed by atoms with Crippen LogP contribution in [0.15, 0.2) is 24.5 Å². The number of carbonyl (C=O) groups excluding carboxylic acids is 1. The third-order valence-electron chi connectivity index (χ3n) is 2.88. The summed E-state index contributed by atoms with van der Waals surface area (Å²) in [6.45, 7) is 2.56. The maximum absolute atomic E-state index is 11.9. The molecule has 2 N–H and O–H groups in total. The maximum atomic E-state index is 11.9. The van der Waals surface area contributed by atoms with Crippen molar-refractivity contribution in [1.82, 2.24) is 9.88 Å². The van der Waals surface area contributed by atoms with Crippen molar-refractivity contribution in [2.24, 2.45) is 11.7 Å². The van der Waals surface area contributed by atoms with Crippen LogP contribution < -0.4 is 5.73 Å². The highest BCUT2D eigenvalue weighted by molar-refractivity contribution is 7.80. The highest BCUT2D eigenvalue weighted by Crippen LogP contribution is 2.06. The summed E-state index contributed by atoms with van der Waals surface area (Å²) in [5, 5.41) is 0. The predicted molar refractivity (Wildman–Crippen MR) is 76.1 cm³/mol. The Balaban J connectivity index is 2.39. The number of likely N-dealkylation sites (N-methyl/N-ethyl adjacent to an activating group) is 1. The molecule has 0 saturated heterocycles. The minimum absolute atomic E-state index is 0.0455. The molecule has 1 atom stereocenters. The number of hydrogen-bond donors (Lipinski definition) is 1. The lowest BCUT2D eigenvalue weighted by Crippen LogP contribution is -2.32. The van der Waals surface area contributed by atoms with E-state index < -0.39 is 0 Å². The molecule has 0 aromatic carbocycles. The van der Waals surface area contributed by atoms with Crippen molar-refractivity contribution in [3.63, 3.8) is 0 Å². The Morgan fingerprint density at radius 2 is 2.11 bits per heavy atom. The van der Waals surface area contributed by atoms with Gasteiger partial charge in [0, 0.05) is 38.3 Å². The Hall–Kier alpha value is -1.49. The highest BCUT2D eigenvalue weighted by atomic mass is 32.1. The topological polar surface area (TPSA) is 59.2 Å². The first-order valence-electron chi connectivity index (χ1n) is 5.93. The summed E-state index contributed by atoms with van der Waals surface area (Å²) in [5.41, 5.74) is 6.68. The van der Waals surface area contributed by atoms with Gasteiger partial charge in [0.15, 0.2) is 0 Å². The van der Waals surface area contributed by atoms with Gasteiger partial charge in [-0.05, 0) is 24.1 Å².